The van der Waals surface area contributed by atoms with Gasteiger partial charge in [0.05, 0.1) is 11.7 Å². The zero-order valence-corrected chi connectivity index (χ0v) is 29.8. The van der Waals surface area contributed by atoms with Gasteiger partial charge in [-0.05, 0) is 66.8 Å². The third kappa shape index (κ3) is 7.37. The Morgan fingerprint density at radius 3 is 2.61 bits per heavy atom. The lowest BCUT2D eigenvalue weighted by Crippen LogP contribution is -2.51. The normalized spacial score (nSPS) is 16.2. The number of nitrogens with one attached hydrogen (secondary N) is 1. The predicted molar refractivity (Wildman–Crippen MR) is 193 cm³/mol. The molecular formula is C38H45N5O5Si. The van der Waals surface area contributed by atoms with Gasteiger partial charge in [0.1, 0.15) is 18.1 Å². The average molecular weight is 680 g/mol. The van der Waals surface area contributed by atoms with Crippen LogP contribution in [0.1, 0.15) is 41.4 Å². The lowest BCUT2D eigenvalue weighted by atomic mass is 10.0. The number of carbonyl (C=O) groups excluding carboxylic acids is 2. The number of anilines is 1. The van der Waals surface area contributed by atoms with Crippen molar-refractivity contribution >= 4 is 47.8 Å². The Morgan fingerprint density at radius 2 is 1.82 bits per heavy atom. The molecule has 2 aromatic heterocycles. The van der Waals surface area contributed by atoms with Gasteiger partial charge in [-0.1, -0.05) is 62.1 Å². The van der Waals surface area contributed by atoms with Gasteiger partial charge in [-0.2, -0.15) is 5.10 Å². The van der Waals surface area contributed by atoms with Gasteiger partial charge in [0, 0.05) is 63.2 Å². The third-order valence-electron chi connectivity index (χ3n) is 9.64. The molecule has 3 aromatic carbocycles. The van der Waals surface area contributed by atoms with E-state index in [1.807, 2.05) is 70.4 Å². The van der Waals surface area contributed by atoms with Crippen LogP contribution in [0.15, 0.2) is 77.3 Å². The standard InChI is InChI=1S/C38H45N5O5Si/c1-26-19-27(20-30-23-39-43(36(26)30)25-46-17-18-49(2,3)4)21-34(35-22-28-9-6-8-12-33(28)47-35)48-38(45)41-15-13-31(14-16-41)42-24-29-10-5-7-11-32(29)40-37(42)44/h5-12,19-20,22-23,31,34H,13-18,21,24-25H2,1-4H3,(H,40,44). The number of urea groups is 1. The Labute approximate surface area is 288 Å². The first-order valence-electron chi connectivity index (χ1n) is 17.2. The van der Waals surface area contributed by atoms with Crippen LogP contribution in [0.4, 0.5) is 15.3 Å². The maximum absolute atomic E-state index is 13.7. The third-order valence-corrected chi connectivity index (χ3v) is 11.3. The summed E-state index contributed by atoms with van der Waals surface area (Å²) in [6, 6.07) is 23.0. The molecule has 1 atom stereocenters. The van der Waals surface area contributed by atoms with Crippen LogP contribution >= 0.6 is 0 Å². The van der Waals surface area contributed by atoms with Crippen molar-refractivity contribution in [1.82, 2.24) is 19.6 Å². The van der Waals surface area contributed by atoms with Crippen LogP contribution in [0.2, 0.25) is 25.7 Å². The quantitative estimate of drug-likeness (QED) is 0.118. The summed E-state index contributed by atoms with van der Waals surface area (Å²) >= 11 is 0. The first kappa shape index (κ1) is 32.9. The summed E-state index contributed by atoms with van der Waals surface area (Å²) in [4.78, 5) is 30.3. The highest BCUT2D eigenvalue weighted by Gasteiger charge is 2.34. The van der Waals surface area contributed by atoms with E-state index in [0.717, 1.165) is 56.9 Å². The minimum absolute atomic E-state index is 0.0462. The molecule has 256 valence electrons. The van der Waals surface area contributed by atoms with E-state index in [0.29, 0.717) is 51.4 Å². The zero-order chi connectivity index (χ0) is 34.1. The van der Waals surface area contributed by atoms with Gasteiger partial charge in [0.15, 0.2) is 6.10 Å². The number of benzene rings is 3. The molecule has 1 fully saturated rings. The second-order valence-corrected chi connectivity index (χ2v) is 20.2. The Morgan fingerprint density at radius 1 is 1.04 bits per heavy atom. The monoisotopic (exact) mass is 679 g/mol. The van der Waals surface area contributed by atoms with Crippen LogP contribution in [-0.2, 0) is 29.2 Å². The van der Waals surface area contributed by atoms with Crippen LogP contribution in [0, 0.1) is 6.92 Å². The molecule has 0 bridgehead atoms. The first-order valence-corrected chi connectivity index (χ1v) is 20.9. The van der Waals surface area contributed by atoms with Crippen molar-refractivity contribution in [2.45, 2.75) is 77.3 Å². The molecule has 49 heavy (non-hydrogen) atoms. The number of likely N-dealkylation sites (tertiary alicyclic amines) is 1. The van der Waals surface area contributed by atoms with Crippen LogP contribution < -0.4 is 5.32 Å². The molecule has 0 aliphatic carbocycles. The number of ether oxygens (including phenoxy) is 2. The smallest absolute Gasteiger partial charge is 0.410 e. The van der Waals surface area contributed by atoms with E-state index in [1.54, 1.807) is 4.90 Å². The van der Waals surface area contributed by atoms with E-state index in [1.165, 1.54) is 0 Å². The fourth-order valence-corrected chi connectivity index (χ4v) is 7.68. The molecule has 3 amide bonds. The minimum Gasteiger partial charge on any atom is -0.457 e. The van der Waals surface area contributed by atoms with Crippen molar-refractivity contribution in [1.29, 1.82) is 0 Å². The molecule has 1 N–H and O–H groups in total. The molecule has 5 aromatic rings. The molecular weight excluding hydrogens is 635 g/mol. The molecule has 0 spiro atoms. The number of furan rings is 1. The van der Waals surface area contributed by atoms with Crippen LogP contribution in [0.5, 0.6) is 0 Å². The maximum atomic E-state index is 13.7. The molecule has 2 aliphatic rings. The molecule has 1 saturated heterocycles. The zero-order valence-electron chi connectivity index (χ0n) is 28.8. The lowest BCUT2D eigenvalue weighted by Gasteiger charge is -2.40. The van der Waals surface area contributed by atoms with E-state index in [2.05, 4.69) is 49.1 Å². The summed E-state index contributed by atoms with van der Waals surface area (Å²) in [5.74, 6) is 0.609. The summed E-state index contributed by atoms with van der Waals surface area (Å²) in [6.45, 7) is 11.9. The predicted octanol–water partition coefficient (Wildman–Crippen LogP) is 8.34. The average Bonchev–Trinajstić information content (AvgIpc) is 3.70. The van der Waals surface area contributed by atoms with Crippen LogP contribution in [0.25, 0.3) is 21.9 Å². The van der Waals surface area contributed by atoms with E-state index < -0.39 is 14.2 Å². The highest BCUT2D eigenvalue weighted by Crippen LogP contribution is 2.33. The van der Waals surface area contributed by atoms with Crippen molar-refractivity contribution in [2.24, 2.45) is 0 Å². The van der Waals surface area contributed by atoms with Crippen molar-refractivity contribution in [3.63, 3.8) is 0 Å². The van der Waals surface area contributed by atoms with E-state index in [9.17, 15) is 9.59 Å². The number of piperidine rings is 1. The van der Waals surface area contributed by atoms with Gasteiger partial charge >= 0.3 is 12.1 Å². The molecule has 7 rings (SSSR count). The molecule has 2 aliphatic heterocycles. The lowest BCUT2D eigenvalue weighted by molar-refractivity contribution is 0.0406. The number of nitrogens with zero attached hydrogens (tertiary/aromatic N) is 4. The SMILES string of the molecule is Cc1cc(CC(OC(=O)N2CCC(N3Cc4ccccc4NC3=O)CC2)c2cc3ccccc3o2)cc2cnn(COCC[Si](C)(C)C)c12. The van der Waals surface area contributed by atoms with E-state index in [4.69, 9.17) is 13.9 Å². The number of para-hydroxylation sites is 2. The molecule has 0 radical (unpaired) electrons. The summed E-state index contributed by atoms with van der Waals surface area (Å²) in [7, 11) is -1.17. The molecule has 0 saturated carbocycles. The largest absolute Gasteiger partial charge is 0.457 e. The van der Waals surface area contributed by atoms with Crippen molar-refractivity contribution in [3.05, 3.63) is 95.4 Å². The van der Waals surface area contributed by atoms with Gasteiger partial charge in [0.25, 0.3) is 0 Å². The summed E-state index contributed by atoms with van der Waals surface area (Å²) in [6.07, 6.45) is 2.69. The van der Waals surface area contributed by atoms with E-state index in [-0.39, 0.29) is 18.2 Å². The number of hydrogen-bond acceptors (Lipinski definition) is 6. The maximum Gasteiger partial charge on any atom is 0.410 e. The fourth-order valence-electron chi connectivity index (χ4n) is 6.92. The van der Waals surface area contributed by atoms with Gasteiger partial charge in [-0.25, -0.2) is 14.3 Å². The van der Waals surface area contributed by atoms with Crippen LogP contribution in [-0.4, -0.2) is 65.5 Å². The number of fused-ring (bicyclic) bond motifs is 3. The molecule has 1 unspecified atom stereocenters. The second-order valence-electron chi connectivity index (χ2n) is 14.5. The first-order chi connectivity index (χ1) is 23.6. The number of amides is 3. The Kier molecular flexibility index (Phi) is 9.21. The Balaban J connectivity index is 1.05. The van der Waals surface area contributed by atoms with Crippen molar-refractivity contribution in [2.75, 3.05) is 25.0 Å². The summed E-state index contributed by atoms with van der Waals surface area (Å²) in [5, 5.41) is 9.62. The fraction of sp³-hybridized carbons (Fsp3) is 0.395. The highest BCUT2D eigenvalue weighted by molar-refractivity contribution is 6.76. The van der Waals surface area contributed by atoms with E-state index >= 15 is 0 Å². The number of hydrogen-bond donors (Lipinski definition) is 1. The number of rotatable bonds is 10. The van der Waals surface area contributed by atoms with Crippen LogP contribution in [0.3, 0.4) is 0 Å². The Hall–Kier alpha value is -4.61. The summed E-state index contributed by atoms with van der Waals surface area (Å²) in [5.41, 5.74) is 5.87. The van der Waals surface area contributed by atoms with Gasteiger partial charge in [-0.15, -0.1) is 0 Å². The number of aromatic nitrogens is 2. The molecule has 10 nitrogen and oxygen atoms in total. The van der Waals surface area contributed by atoms with Gasteiger partial charge < -0.3 is 29.0 Å². The minimum atomic E-state index is -1.17. The van der Waals surface area contributed by atoms with Crippen molar-refractivity contribution in [3.8, 4) is 0 Å². The number of aryl methyl sites for hydroxylation is 1. The topological polar surface area (TPSA) is 102 Å². The highest BCUT2D eigenvalue weighted by atomic mass is 28.3. The van der Waals surface area contributed by atoms with Crippen molar-refractivity contribution < 1.29 is 23.5 Å². The molecule has 11 heteroatoms. The second kappa shape index (κ2) is 13.7. The Bertz CT molecular complexity index is 1940. The number of carbonyl (C=O) groups is 2. The van der Waals surface area contributed by atoms with Gasteiger partial charge in [0.2, 0.25) is 0 Å². The van der Waals surface area contributed by atoms with Gasteiger partial charge in [-0.3, -0.25) is 0 Å². The summed E-state index contributed by atoms with van der Waals surface area (Å²) < 4.78 is 20.4. The molecule has 4 heterocycles.